The lowest BCUT2D eigenvalue weighted by Crippen LogP contribution is -2.34. The van der Waals surface area contributed by atoms with Crippen molar-refractivity contribution in [1.82, 2.24) is 5.32 Å². The normalized spacial score (nSPS) is 12.1. The van der Waals surface area contributed by atoms with Crippen molar-refractivity contribution in [1.29, 1.82) is 0 Å². The highest BCUT2D eigenvalue weighted by Gasteiger charge is 2.14. The first-order valence-electron chi connectivity index (χ1n) is 6.41. The average molecular weight is 310 g/mol. The number of carbonyl (C=O) groups is 1. The topological polar surface area (TPSA) is 71.7 Å². The number of carbonyl (C=O) groups excluding carboxylic acids is 1. The molecule has 2 aromatic rings. The van der Waals surface area contributed by atoms with Crippen LogP contribution in [0.3, 0.4) is 0 Å². The van der Waals surface area contributed by atoms with E-state index >= 15 is 0 Å². The van der Waals surface area contributed by atoms with E-state index in [0.717, 1.165) is 5.56 Å². The molecule has 0 saturated carbocycles. The number of hydrogen-bond donors (Lipinski definition) is 2. The second kappa shape index (κ2) is 7.26. The SMILES string of the molecule is COCC(O)CNC(=O)c1ccc(-c2ccccc2Cl)o1. The van der Waals surface area contributed by atoms with Gasteiger partial charge in [-0.3, -0.25) is 4.79 Å². The Labute approximate surface area is 127 Å². The van der Waals surface area contributed by atoms with Gasteiger partial charge in [0.25, 0.3) is 5.91 Å². The minimum absolute atomic E-state index is 0.0921. The summed E-state index contributed by atoms with van der Waals surface area (Å²) in [5.41, 5.74) is 0.720. The molecule has 1 unspecified atom stereocenters. The zero-order chi connectivity index (χ0) is 15.2. The van der Waals surface area contributed by atoms with E-state index in [-0.39, 0.29) is 18.9 Å². The Morgan fingerprint density at radius 2 is 2.14 bits per heavy atom. The van der Waals surface area contributed by atoms with Gasteiger partial charge in [0, 0.05) is 19.2 Å². The molecule has 1 atom stereocenters. The van der Waals surface area contributed by atoms with Gasteiger partial charge in [0.05, 0.1) is 17.7 Å². The maximum absolute atomic E-state index is 11.9. The summed E-state index contributed by atoms with van der Waals surface area (Å²) < 4.78 is 10.3. The number of aliphatic hydroxyl groups excluding tert-OH is 1. The van der Waals surface area contributed by atoms with E-state index < -0.39 is 12.0 Å². The first kappa shape index (κ1) is 15.6. The van der Waals surface area contributed by atoms with Crippen LogP contribution in [0.5, 0.6) is 0 Å². The highest BCUT2D eigenvalue weighted by Crippen LogP contribution is 2.28. The van der Waals surface area contributed by atoms with Gasteiger partial charge in [-0.2, -0.15) is 0 Å². The Hall–Kier alpha value is -1.82. The van der Waals surface area contributed by atoms with Gasteiger partial charge in [-0.15, -0.1) is 0 Å². The number of ether oxygens (including phenoxy) is 1. The first-order chi connectivity index (χ1) is 10.1. The zero-order valence-corrected chi connectivity index (χ0v) is 12.3. The zero-order valence-electron chi connectivity index (χ0n) is 11.5. The third-order valence-corrected chi connectivity index (χ3v) is 3.16. The van der Waals surface area contributed by atoms with E-state index in [1.54, 1.807) is 18.2 Å². The molecule has 1 heterocycles. The molecule has 0 fully saturated rings. The van der Waals surface area contributed by atoms with Crippen molar-refractivity contribution < 1.29 is 19.1 Å². The van der Waals surface area contributed by atoms with E-state index in [9.17, 15) is 9.90 Å². The number of amides is 1. The number of methoxy groups -OCH3 is 1. The predicted octanol–water partition coefficient (Wildman–Crippen LogP) is 2.34. The van der Waals surface area contributed by atoms with Crippen LogP contribution in [0, 0.1) is 0 Å². The lowest BCUT2D eigenvalue weighted by atomic mass is 10.2. The van der Waals surface area contributed by atoms with Gasteiger partial charge in [-0.1, -0.05) is 23.7 Å². The minimum Gasteiger partial charge on any atom is -0.451 e. The van der Waals surface area contributed by atoms with Gasteiger partial charge >= 0.3 is 0 Å². The number of halogens is 1. The molecule has 2 rings (SSSR count). The van der Waals surface area contributed by atoms with Crippen molar-refractivity contribution in [2.24, 2.45) is 0 Å². The molecular formula is C15H16ClNO4. The summed E-state index contributed by atoms with van der Waals surface area (Å²) in [5.74, 6) is 0.279. The van der Waals surface area contributed by atoms with Crippen LogP contribution >= 0.6 is 11.6 Å². The average Bonchev–Trinajstić information content (AvgIpc) is 2.95. The Balaban J connectivity index is 2.03. The highest BCUT2D eigenvalue weighted by atomic mass is 35.5. The van der Waals surface area contributed by atoms with E-state index in [4.69, 9.17) is 20.8 Å². The maximum atomic E-state index is 11.9. The molecule has 0 aliphatic carbocycles. The fourth-order valence-corrected chi connectivity index (χ4v) is 2.04. The number of furan rings is 1. The summed E-state index contributed by atoms with van der Waals surface area (Å²) in [6.07, 6.45) is -0.753. The number of hydrogen-bond acceptors (Lipinski definition) is 4. The molecule has 0 aliphatic rings. The summed E-state index contributed by atoms with van der Waals surface area (Å²) in [4.78, 5) is 11.9. The van der Waals surface area contributed by atoms with Crippen LogP contribution < -0.4 is 5.32 Å². The van der Waals surface area contributed by atoms with Crippen molar-refractivity contribution >= 4 is 17.5 Å². The molecule has 0 spiro atoms. The Bertz CT molecular complexity index is 611. The van der Waals surface area contributed by atoms with Crippen molar-refractivity contribution in [3.05, 3.63) is 47.2 Å². The van der Waals surface area contributed by atoms with Gasteiger partial charge in [0.1, 0.15) is 5.76 Å². The molecule has 112 valence electrons. The molecule has 0 bridgehead atoms. The summed E-state index contributed by atoms with van der Waals surface area (Å²) in [6, 6.07) is 10.5. The fourth-order valence-electron chi connectivity index (χ4n) is 1.81. The smallest absolute Gasteiger partial charge is 0.287 e. The Kier molecular flexibility index (Phi) is 5.38. The van der Waals surface area contributed by atoms with Gasteiger partial charge < -0.3 is 19.6 Å². The first-order valence-corrected chi connectivity index (χ1v) is 6.79. The van der Waals surface area contributed by atoms with Crippen LogP contribution in [0.1, 0.15) is 10.6 Å². The van der Waals surface area contributed by atoms with Crippen LogP contribution in [0.2, 0.25) is 5.02 Å². The fraction of sp³-hybridized carbons (Fsp3) is 0.267. The molecule has 0 saturated heterocycles. The molecule has 21 heavy (non-hydrogen) atoms. The number of nitrogens with one attached hydrogen (secondary N) is 1. The number of rotatable bonds is 6. The third kappa shape index (κ3) is 4.07. The summed E-state index contributed by atoms with van der Waals surface area (Å²) >= 11 is 6.08. The highest BCUT2D eigenvalue weighted by molar-refractivity contribution is 6.33. The summed E-state index contributed by atoms with van der Waals surface area (Å²) in [6.45, 7) is 0.248. The summed E-state index contributed by atoms with van der Waals surface area (Å²) in [5, 5.41) is 12.6. The van der Waals surface area contributed by atoms with Crippen LogP contribution in [-0.4, -0.2) is 37.4 Å². The van der Waals surface area contributed by atoms with E-state index in [1.807, 2.05) is 18.2 Å². The monoisotopic (exact) mass is 309 g/mol. The quantitative estimate of drug-likeness (QED) is 0.859. The van der Waals surface area contributed by atoms with Crippen molar-refractivity contribution in [3.63, 3.8) is 0 Å². The molecule has 1 amide bonds. The standard InChI is InChI=1S/C15H16ClNO4/c1-20-9-10(18)8-17-15(19)14-7-6-13(21-14)11-4-2-3-5-12(11)16/h2-7,10,18H,8-9H2,1H3,(H,17,19). The minimum atomic E-state index is -0.753. The van der Waals surface area contributed by atoms with Gasteiger partial charge in [-0.25, -0.2) is 0 Å². The second-order valence-electron chi connectivity index (χ2n) is 4.46. The van der Waals surface area contributed by atoms with Crippen molar-refractivity contribution in [2.45, 2.75) is 6.10 Å². The Morgan fingerprint density at radius 1 is 1.38 bits per heavy atom. The molecule has 6 heteroatoms. The summed E-state index contributed by atoms with van der Waals surface area (Å²) in [7, 11) is 1.48. The molecule has 0 aliphatic heterocycles. The number of benzene rings is 1. The van der Waals surface area contributed by atoms with Gasteiger partial charge in [0.15, 0.2) is 5.76 Å². The molecule has 5 nitrogen and oxygen atoms in total. The maximum Gasteiger partial charge on any atom is 0.287 e. The van der Waals surface area contributed by atoms with Crippen LogP contribution in [0.4, 0.5) is 0 Å². The third-order valence-electron chi connectivity index (χ3n) is 2.83. The van der Waals surface area contributed by atoms with Crippen LogP contribution in [0.25, 0.3) is 11.3 Å². The van der Waals surface area contributed by atoms with Gasteiger partial charge in [0.2, 0.25) is 0 Å². The van der Waals surface area contributed by atoms with Crippen molar-refractivity contribution in [2.75, 3.05) is 20.3 Å². The van der Waals surface area contributed by atoms with Crippen LogP contribution in [0.15, 0.2) is 40.8 Å². The van der Waals surface area contributed by atoms with E-state index in [1.165, 1.54) is 7.11 Å². The number of aliphatic hydroxyl groups is 1. The van der Waals surface area contributed by atoms with E-state index in [2.05, 4.69) is 5.32 Å². The lowest BCUT2D eigenvalue weighted by molar-refractivity contribution is 0.0603. The lowest BCUT2D eigenvalue weighted by Gasteiger charge is -2.09. The largest absolute Gasteiger partial charge is 0.451 e. The molecule has 1 aromatic carbocycles. The second-order valence-corrected chi connectivity index (χ2v) is 4.87. The van der Waals surface area contributed by atoms with Crippen molar-refractivity contribution in [3.8, 4) is 11.3 Å². The molecule has 2 N–H and O–H groups in total. The molecule has 0 radical (unpaired) electrons. The predicted molar refractivity (Wildman–Crippen MR) is 79.4 cm³/mol. The van der Waals surface area contributed by atoms with Gasteiger partial charge in [-0.05, 0) is 24.3 Å². The van der Waals surface area contributed by atoms with Crippen LogP contribution in [-0.2, 0) is 4.74 Å². The Morgan fingerprint density at radius 3 is 2.86 bits per heavy atom. The molecule has 1 aromatic heterocycles. The molecular weight excluding hydrogens is 294 g/mol. The van der Waals surface area contributed by atoms with E-state index in [0.29, 0.717) is 10.8 Å².